The second kappa shape index (κ2) is 10.6. The number of nitrogens with one attached hydrogen (secondary N) is 1. The molecule has 186 valence electrons. The molecule has 2 rings (SSSR count). The lowest BCUT2D eigenvalue weighted by Crippen LogP contribution is -2.67. The lowest BCUT2D eigenvalue weighted by Gasteiger charge is -2.46. The zero-order chi connectivity index (χ0) is 24.4. The van der Waals surface area contributed by atoms with Crippen molar-refractivity contribution >= 4 is 11.9 Å². The zero-order valence-corrected chi connectivity index (χ0v) is 17.1. The average molecular weight is 470 g/mol. The normalized spacial score (nSPS) is 42.2. The van der Waals surface area contributed by atoms with E-state index in [4.69, 9.17) is 25.1 Å². The van der Waals surface area contributed by atoms with Gasteiger partial charge in [0.2, 0.25) is 5.91 Å². The van der Waals surface area contributed by atoms with Gasteiger partial charge in [-0.15, -0.1) is 0 Å². The third-order valence-corrected chi connectivity index (χ3v) is 5.44. The number of amides is 1. The Bertz CT molecular complexity index is 668. The van der Waals surface area contributed by atoms with Gasteiger partial charge in [0.15, 0.2) is 6.29 Å². The van der Waals surface area contributed by atoms with Crippen molar-refractivity contribution in [1.29, 1.82) is 0 Å². The van der Waals surface area contributed by atoms with Crippen LogP contribution in [0.15, 0.2) is 0 Å². The van der Waals surface area contributed by atoms with Crippen molar-refractivity contribution < 1.29 is 64.7 Å². The summed E-state index contributed by atoms with van der Waals surface area (Å²) in [7, 11) is 0. The molecule has 11 atom stereocenters. The van der Waals surface area contributed by atoms with E-state index < -0.39 is 98.4 Å². The van der Waals surface area contributed by atoms with E-state index >= 15 is 0 Å². The number of ether oxygens (including phenoxy) is 3. The predicted molar refractivity (Wildman–Crippen MR) is 99.4 cm³/mol. The monoisotopic (exact) mass is 470 g/mol. The van der Waals surface area contributed by atoms with Gasteiger partial charge < -0.3 is 66.1 Å². The first-order valence-corrected chi connectivity index (χ1v) is 9.77. The second-order valence-corrected chi connectivity index (χ2v) is 7.81. The smallest absolute Gasteiger partial charge is 0.364 e. The Hall–Kier alpha value is -1.50. The molecule has 0 aromatic rings. The van der Waals surface area contributed by atoms with Crippen molar-refractivity contribution in [3.8, 4) is 0 Å². The standard InChI is InChI=1S/C17H30N2O13/c1-5(21)19-10-13(26)12(25)8(31-15(10)27)4-30-17(16(28)29)2-6(22)9(18)14(32-17)11(24)7(23)3-20/h6-15,20,22-27H,2-4,18H2,1H3,(H,19,21)(H,28,29)/t6-,7-,8?,9-,10?,11-,12+,13-,14?,15+,17-/m1/s1. The molecule has 0 spiro atoms. The maximum Gasteiger partial charge on any atom is 0.364 e. The van der Waals surface area contributed by atoms with Crippen LogP contribution in [0.1, 0.15) is 13.3 Å². The minimum absolute atomic E-state index is 0.612. The number of rotatable bonds is 8. The van der Waals surface area contributed by atoms with Gasteiger partial charge in [0.1, 0.15) is 42.7 Å². The highest BCUT2D eigenvalue weighted by molar-refractivity contribution is 5.76. The third-order valence-electron chi connectivity index (χ3n) is 5.44. The van der Waals surface area contributed by atoms with Gasteiger partial charge in [-0.1, -0.05) is 0 Å². The molecular formula is C17H30N2O13. The molecule has 0 aromatic heterocycles. The summed E-state index contributed by atoms with van der Waals surface area (Å²) >= 11 is 0. The minimum atomic E-state index is -2.62. The first-order valence-electron chi connectivity index (χ1n) is 9.77. The molecular weight excluding hydrogens is 440 g/mol. The molecule has 2 aliphatic rings. The van der Waals surface area contributed by atoms with E-state index in [-0.39, 0.29) is 0 Å². The van der Waals surface area contributed by atoms with Crippen LogP contribution >= 0.6 is 0 Å². The van der Waals surface area contributed by atoms with Gasteiger partial charge in [-0.25, -0.2) is 4.79 Å². The van der Waals surface area contributed by atoms with Gasteiger partial charge >= 0.3 is 5.97 Å². The minimum Gasteiger partial charge on any atom is -0.477 e. The average Bonchev–Trinajstić information content (AvgIpc) is 2.73. The number of hydrogen-bond acceptors (Lipinski definition) is 13. The fourth-order valence-corrected chi connectivity index (χ4v) is 3.58. The molecule has 2 heterocycles. The number of aliphatic hydroxyl groups is 7. The molecule has 1 amide bonds. The summed E-state index contributed by atoms with van der Waals surface area (Å²) in [4.78, 5) is 23.1. The van der Waals surface area contributed by atoms with E-state index in [0.29, 0.717) is 0 Å². The fraction of sp³-hybridized carbons (Fsp3) is 0.882. The van der Waals surface area contributed by atoms with Gasteiger partial charge in [0.25, 0.3) is 5.79 Å². The lowest BCUT2D eigenvalue weighted by molar-refractivity contribution is -0.326. The molecule has 0 aromatic carbocycles. The first-order chi connectivity index (χ1) is 14.8. The number of nitrogens with two attached hydrogens (primary N) is 1. The van der Waals surface area contributed by atoms with E-state index in [9.17, 15) is 45.3 Å². The lowest BCUT2D eigenvalue weighted by atomic mass is 9.89. The Labute approximate surface area is 181 Å². The van der Waals surface area contributed by atoms with Gasteiger partial charge in [-0.2, -0.15) is 0 Å². The molecule has 0 bridgehead atoms. The highest BCUT2D eigenvalue weighted by atomic mass is 16.7. The molecule has 11 N–H and O–H groups in total. The third kappa shape index (κ3) is 5.52. The Balaban J connectivity index is 2.17. The molecule has 0 radical (unpaired) electrons. The van der Waals surface area contributed by atoms with Crippen molar-refractivity contribution in [2.45, 2.75) is 80.2 Å². The van der Waals surface area contributed by atoms with Gasteiger partial charge in [-0.3, -0.25) is 4.79 Å². The summed E-state index contributed by atoms with van der Waals surface area (Å²) in [6.45, 7) is -0.563. The highest BCUT2D eigenvalue weighted by Crippen LogP contribution is 2.33. The van der Waals surface area contributed by atoms with E-state index in [1.54, 1.807) is 0 Å². The predicted octanol–water partition coefficient (Wildman–Crippen LogP) is -6.08. The van der Waals surface area contributed by atoms with E-state index in [1.807, 2.05) is 0 Å². The van der Waals surface area contributed by atoms with Crippen molar-refractivity contribution in [2.24, 2.45) is 5.73 Å². The largest absolute Gasteiger partial charge is 0.477 e. The van der Waals surface area contributed by atoms with Gasteiger partial charge in [0, 0.05) is 13.3 Å². The summed E-state index contributed by atoms with van der Waals surface area (Å²) in [6.07, 6.45) is -14.3. The van der Waals surface area contributed by atoms with Crippen LogP contribution in [0.3, 0.4) is 0 Å². The number of aliphatic carboxylic acids is 1. The number of carbonyl (C=O) groups is 2. The van der Waals surface area contributed by atoms with Crippen LogP contribution in [0.25, 0.3) is 0 Å². The van der Waals surface area contributed by atoms with Gasteiger partial charge in [0.05, 0.1) is 25.4 Å². The number of carboxylic acids is 1. The number of carboxylic acid groups (broad SMARTS) is 1. The van der Waals surface area contributed by atoms with E-state index in [2.05, 4.69) is 5.32 Å². The molecule has 15 heteroatoms. The van der Waals surface area contributed by atoms with Crippen molar-refractivity contribution in [1.82, 2.24) is 5.32 Å². The van der Waals surface area contributed by atoms with Crippen molar-refractivity contribution in [3.05, 3.63) is 0 Å². The number of carbonyl (C=O) groups excluding carboxylic acids is 1. The zero-order valence-electron chi connectivity index (χ0n) is 17.1. The molecule has 0 aliphatic carbocycles. The van der Waals surface area contributed by atoms with Crippen LogP contribution in [0.2, 0.25) is 0 Å². The van der Waals surface area contributed by atoms with Crippen LogP contribution in [0, 0.1) is 0 Å². The molecule has 32 heavy (non-hydrogen) atoms. The SMILES string of the molecule is CC(=O)NC1[C@@H](O)[C@@H](O)C(CO[C@]2(C(=O)O)C[C@@H](O)[C@@H](N)C([C@H](O)[C@H](O)CO)O2)O[C@@H]1O. The van der Waals surface area contributed by atoms with Crippen molar-refractivity contribution in [2.75, 3.05) is 13.2 Å². The van der Waals surface area contributed by atoms with E-state index in [1.165, 1.54) is 0 Å². The topological polar surface area (TPSA) is 262 Å². The Kier molecular flexibility index (Phi) is 8.88. The quantitative estimate of drug-likeness (QED) is 0.158. The maximum absolute atomic E-state index is 11.9. The molecule has 15 nitrogen and oxygen atoms in total. The first kappa shape index (κ1) is 26.7. The van der Waals surface area contributed by atoms with Crippen LogP contribution in [0.5, 0.6) is 0 Å². The van der Waals surface area contributed by atoms with Crippen LogP contribution in [-0.4, -0.2) is 133 Å². The van der Waals surface area contributed by atoms with Crippen LogP contribution in [0.4, 0.5) is 0 Å². The molecule has 0 saturated carbocycles. The van der Waals surface area contributed by atoms with Crippen LogP contribution < -0.4 is 11.1 Å². The Morgan fingerprint density at radius 2 is 1.84 bits per heavy atom. The number of hydrogen-bond donors (Lipinski definition) is 10. The summed E-state index contributed by atoms with van der Waals surface area (Å²) in [5.74, 6) is -4.98. The summed E-state index contributed by atoms with van der Waals surface area (Å²) in [6, 6.07) is -2.71. The molecule has 3 unspecified atom stereocenters. The van der Waals surface area contributed by atoms with E-state index in [0.717, 1.165) is 6.92 Å². The maximum atomic E-state index is 11.9. The summed E-state index contributed by atoms with van der Waals surface area (Å²) < 4.78 is 15.7. The summed E-state index contributed by atoms with van der Waals surface area (Å²) in [5.41, 5.74) is 5.75. The van der Waals surface area contributed by atoms with Crippen molar-refractivity contribution in [3.63, 3.8) is 0 Å². The fourth-order valence-electron chi connectivity index (χ4n) is 3.58. The molecule has 2 saturated heterocycles. The molecule has 2 aliphatic heterocycles. The summed E-state index contributed by atoms with van der Waals surface area (Å²) in [5, 5.41) is 81.4. The number of aliphatic hydroxyl groups excluding tert-OH is 7. The Morgan fingerprint density at radius 3 is 2.38 bits per heavy atom. The Morgan fingerprint density at radius 1 is 1.22 bits per heavy atom. The highest BCUT2D eigenvalue weighted by Gasteiger charge is 2.55. The van der Waals surface area contributed by atoms with Gasteiger partial charge in [-0.05, 0) is 0 Å². The van der Waals surface area contributed by atoms with Crippen LogP contribution in [-0.2, 0) is 23.8 Å². The molecule has 2 fully saturated rings. The second-order valence-electron chi connectivity index (χ2n) is 7.81.